The summed E-state index contributed by atoms with van der Waals surface area (Å²) >= 11 is 0. The Balaban J connectivity index is 0.866. The lowest BCUT2D eigenvalue weighted by Crippen LogP contribution is -2.43. The number of carbonyl (C=O) groups is 4. The Bertz CT molecular complexity index is 2160. The van der Waals surface area contributed by atoms with E-state index >= 15 is 0 Å². The number of rotatable bonds is 16. The fourth-order valence-corrected chi connectivity index (χ4v) is 6.94. The molecular formula is C42H39F5N2O9. The standard InChI is InChI=1S/C42H39F5N2O9/c43-41(44,42(45,46)47)20-4-22-56-29-17-11-27(12-18-29)40(55)58-30-15-8-26(9-16-30)10-19-35(51)57-21-3-1-2-5-25-6-13-28(14-7-25)49-38(53)33-23-32-31(36(33)39(49)54)24-34(50)48-37(32)52/h6-19,31-32,53-54H,1-5,20-24H2,(H,48,50,52). The second-order valence-corrected chi connectivity index (χ2v) is 14.0. The number of aromatic nitrogens is 1. The molecule has 2 unspecified atom stereocenters. The molecular weight excluding hydrogens is 771 g/mol. The summed E-state index contributed by atoms with van der Waals surface area (Å²) in [5.74, 6) is -7.66. The van der Waals surface area contributed by atoms with E-state index in [0.29, 0.717) is 28.8 Å². The average molecular weight is 811 g/mol. The van der Waals surface area contributed by atoms with E-state index in [1.807, 2.05) is 12.1 Å². The third-order valence-corrected chi connectivity index (χ3v) is 10.0. The average Bonchev–Trinajstić information content (AvgIpc) is 3.69. The van der Waals surface area contributed by atoms with E-state index in [4.69, 9.17) is 14.2 Å². The number of piperidine rings is 1. The van der Waals surface area contributed by atoms with Gasteiger partial charge in [0.05, 0.1) is 30.4 Å². The summed E-state index contributed by atoms with van der Waals surface area (Å²) in [7, 11) is 0. The predicted octanol–water partition coefficient (Wildman–Crippen LogP) is 7.74. The third-order valence-electron chi connectivity index (χ3n) is 10.0. The molecule has 16 heteroatoms. The molecule has 2 aliphatic rings. The Labute approximate surface area is 329 Å². The van der Waals surface area contributed by atoms with Crippen LogP contribution in [0.25, 0.3) is 11.8 Å². The van der Waals surface area contributed by atoms with Crippen LogP contribution in [0.15, 0.2) is 78.9 Å². The number of esters is 2. The number of imide groups is 1. The number of benzene rings is 3. The van der Waals surface area contributed by atoms with Crippen LogP contribution in [0.3, 0.4) is 0 Å². The van der Waals surface area contributed by atoms with Crippen molar-refractivity contribution in [3.63, 3.8) is 0 Å². The highest BCUT2D eigenvalue weighted by Gasteiger charge is 2.56. The number of carbonyl (C=O) groups excluding carboxylic acids is 4. The van der Waals surface area contributed by atoms with E-state index in [9.17, 15) is 51.3 Å². The van der Waals surface area contributed by atoms with Crippen molar-refractivity contribution >= 4 is 29.8 Å². The maximum Gasteiger partial charge on any atom is 0.453 e. The largest absolute Gasteiger partial charge is 0.494 e. The van der Waals surface area contributed by atoms with Crippen LogP contribution in [-0.4, -0.2) is 63.8 Å². The van der Waals surface area contributed by atoms with Gasteiger partial charge < -0.3 is 24.4 Å². The molecule has 4 aromatic rings. The van der Waals surface area contributed by atoms with Crippen molar-refractivity contribution in [2.24, 2.45) is 5.92 Å². The van der Waals surface area contributed by atoms with E-state index in [1.165, 1.54) is 47.0 Å². The normalized spacial score (nSPS) is 16.5. The molecule has 2 heterocycles. The Morgan fingerprint density at radius 3 is 2.17 bits per heavy atom. The van der Waals surface area contributed by atoms with Crippen molar-refractivity contribution in [3.05, 3.63) is 107 Å². The van der Waals surface area contributed by atoms with Gasteiger partial charge in [0, 0.05) is 36.0 Å². The number of aryl methyl sites for hydroxylation is 1. The summed E-state index contributed by atoms with van der Waals surface area (Å²) in [4.78, 5) is 49.0. The molecule has 2 amide bonds. The lowest BCUT2D eigenvalue weighted by molar-refractivity contribution is -0.284. The molecule has 58 heavy (non-hydrogen) atoms. The van der Waals surface area contributed by atoms with Gasteiger partial charge in [0.15, 0.2) is 0 Å². The van der Waals surface area contributed by atoms with Crippen molar-refractivity contribution in [1.82, 2.24) is 9.88 Å². The number of unbranched alkanes of at least 4 members (excludes halogenated alkanes) is 2. The fraction of sp³-hybridized carbons (Fsp3) is 0.333. The molecule has 0 radical (unpaired) electrons. The van der Waals surface area contributed by atoms with Crippen LogP contribution in [0.4, 0.5) is 22.0 Å². The molecule has 1 fully saturated rings. The minimum Gasteiger partial charge on any atom is -0.494 e. The molecule has 1 aliphatic carbocycles. The van der Waals surface area contributed by atoms with Gasteiger partial charge in [0.2, 0.25) is 23.6 Å². The van der Waals surface area contributed by atoms with Gasteiger partial charge in [-0.05, 0) is 104 Å². The topological polar surface area (TPSA) is 153 Å². The first-order valence-electron chi connectivity index (χ1n) is 18.5. The first kappa shape index (κ1) is 41.4. The molecule has 0 spiro atoms. The number of hydrogen-bond acceptors (Lipinski definition) is 9. The van der Waals surface area contributed by atoms with Gasteiger partial charge in [0.1, 0.15) is 11.5 Å². The predicted molar refractivity (Wildman–Crippen MR) is 198 cm³/mol. The molecule has 3 aromatic carbocycles. The number of nitrogens with zero attached hydrogens (tertiary/aromatic N) is 1. The summed E-state index contributed by atoms with van der Waals surface area (Å²) in [6.45, 7) is -0.135. The van der Waals surface area contributed by atoms with Crippen molar-refractivity contribution in [1.29, 1.82) is 0 Å². The van der Waals surface area contributed by atoms with E-state index in [1.54, 1.807) is 30.3 Å². The van der Waals surface area contributed by atoms with Gasteiger partial charge >= 0.3 is 24.0 Å². The van der Waals surface area contributed by atoms with Gasteiger partial charge in [-0.2, -0.15) is 22.0 Å². The molecule has 3 N–H and O–H groups in total. The zero-order chi connectivity index (χ0) is 41.6. The molecule has 0 bridgehead atoms. The quantitative estimate of drug-likeness (QED) is 0.0258. The first-order chi connectivity index (χ1) is 27.6. The highest BCUT2D eigenvalue weighted by Crippen LogP contribution is 2.52. The lowest BCUT2D eigenvalue weighted by atomic mass is 9.86. The summed E-state index contributed by atoms with van der Waals surface area (Å²) in [5, 5.41) is 24.3. The molecule has 1 aliphatic heterocycles. The number of fused-ring (bicyclic) bond motifs is 3. The van der Waals surface area contributed by atoms with E-state index in [2.05, 4.69) is 5.32 Å². The molecule has 11 nitrogen and oxygen atoms in total. The van der Waals surface area contributed by atoms with Crippen LogP contribution in [0.5, 0.6) is 23.3 Å². The molecule has 1 aromatic heterocycles. The number of amides is 2. The Hall–Kier alpha value is -6.19. The molecule has 6 rings (SSSR count). The third kappa shape index (κ3) is 9.66. The number of ether oxygens (including phenoxy) is 3. The Morgan fingerprint density at radius 1 is 0.793 bits per heavy atom. The number of halogens is 5. The molecule has 2 atom stereocenters. The maximum atomic E-state index is 13.0. The van der Waals surface area contributed by atoms with Crippen LogP contribution in [0.2, 0.25) is 0 Å². The Morgan fingerprint density at radius 2 is 1.48 bits per heavy atom. The van der Waals surface area contributed by atoms with E-state index in [-0.39, 0.29) is 60.8 Å². The molecule has 1 saturated heterocycles. The van der Waals surface area contributed by atoms with Crippen LogP contribution in [0, 0.1) is 5.92 Å². The molecule has 0 saturated carbocycles. The summed E-state index contributed by atoms with van der Waals surface area (Å²) in [6.07, 6.45) is -1.35. The number of aromatic hydroxyl groups is 2. The van der Waals surface area contributed by atoms with Crippen LogP contribution in [0.1, 0.15) is 77.1 Å². The summed E-state index contributed by atoms with van der Waals surface area (Å²) in [5.41, 5.74) is 3.32. The van der Waals surface area contributed by atoms with E-state index < -0.39 is 54.6 Å². The van der Waals surface area contributed by atoms with Gasteiger partial charge in [-0.3, -0.25) is 19.5 Å². The fourth-order valence-electron chi connectivity index (χ4n) is 6.94. The smallest absolute Gasteiger partial charge is 0.453 e. The second-order valence-electron chi connectivity index (χ2n) is 14.0. The zero-order valence-electron chi connectivity index (χ0n) is 30.9. The van der Waals surface area contributed by atoms with Crippen molar-refractivity contribution in [3.8, 4) is 28.9 Å². The van der Waals surface area contributed by atoms with Crippen molar-refractivity contribution in [2.45, 2.75) is 69.4 Å². The van der Waals surface area contributed by atoms with Gasteiger partial charge in [-0.25, -0.2) is 9.59 Å². The van der Waals surface area contributed by atoms with Crippen molar-refractivity contribution < 1.29 is 65.6 Å². The van der Waals surface area contributed by atoms with Crippen LogP contribution in [-0.2, 0) is 32.0 Å². The minimum atomic E-state index is -5.62. The van der Waals surface area contributed by atoms with Crippen LogP contribution >= 0.6 is 0 Å². The first-order valence-corrected chi connectivity index (χ1v) is 18.5. The second kappa shape index (κ2) is 17.5. The number of alkyl halides is 5. The Kier molecular flexibility index (Phi) is 12.5. The van der Waals surface area contributed by atoms with Crippen LogP contribution < -0.4 is 14.8 Å². The van der Waals surface area contributed by atoms with Gasteiger partial charge in [-0.1, -0.05) is 24.3 Å². The summed E-state index contributed by atoms with van der Waals surface area (Å²) < 4.78 is 80.0. The highest BCUT2D eigenvalue weighted by atomic mass is 19.4. The maximum absolute atomic E-state index is 13.0. The molecule has 306 valence electrons. The lowest BCUT2D eigenvalue weighted by Gasteiger charge is -2.24. The van der Waals surface area contributed by atoms with Crippen molar-refractivity contribution in [2.75, 3.05) is 13.2 Å². The van der Waals surface area contributed by atoms with Gasteiger partial charge in [0.25, 0.3) is 0 Å². The number of hydrogen-bond donors (Lipinski definition) is 3. The number of nitrogens with one attached hydrogen (secondary N) is 1. The zero-order valence-corrected chi connectivity index (χ0v) is 30.9. The SMILES string of the molecule is O=C1CC2c3c(c(O)n(-c4ccc(CCCCCOC(=O)C=Cc5ccc(OC(=O)c6ccc(OCCCC(F)(F)C(F)(F)F)cc6)cc5)cc4)c3O)CC2C(=O)N1. The highest BCUT2D eigenvalue weighted by molar-refractivity contribution is 6.01. The summed E-state index contributed by atoms with van der Waals surface area (Å²) in [6, 6.07) is 19.1. The van der Waals surface area contributed by atoms with Gasteiger partial charge in [-0.15, -0.1) is 0 Å². The van der Waals surface area contributed by atoms with E-state index in [0.717, 1.165) is 24.8 Å². The minimum absolute atomic E-state index is 0.0694. The monoisotopic (exact) mass is 810 g/mol.